The van der Waals surface area contributed by atoms with E-state index in [1.54, 1.807) is 38.1 Å². The molecule has 0 spiro atoms. The number of carbonyl (C=O) groups excluding carboxylic acids is 3. The summed E-state index contributed by atoms with van der Waals surface area (Å²) in [6, 6.07) is 7.90. The number of carbonyl (C=O) groups is 3. The van der Waals surface area contributed by atoms with Crippen molar-refractivity contribution >= 4 is 29.7 Å². The number of hydrogen-bond acceptors (Lipinski definition) is 7. The molecule has 1 aromatic carbocycles. The lowest BCUT2D eigenvalue weighted by molar-refractivity contribution is -0.141. The van der Waals surface area contributed by atoms with Crippen LogP contribution in [0.1, 0.15) is 25.0 Å². The van der Waals surface area contributed by atoms with Gasteiger partial charge in [-0.05, 0) is 31.5 Å². The van der Waals surface area contributed by atoms with Gasteiger partial charge in [0.05, 0.1) is 35.6 Å². The number of amides is 2. The molecule has 0 bridgehead atoms. The van der Waals surface area contributed by atoms with Crippen molar-refractivity contribution in [1.29, 1.82) is 5.26 Å². The molecule has 1 aromatic rings. The lowest BCUT2D eigenvalue weighted by Gasteiger charge is -2.26. The lowest BCUT2D eigenvalue weighted by Crippen LogP contribution is -2.49. The number of rotatable bonds is 8. The highest BCUT2D eigenvalue weighted by atomic mass is 32.2. The number of nitrogens with one attached hydrogen (secondary N) is 2. The van der Waals surface area contributed by atoms with Crippen molar-refractivity contribution in [1.82, 2.24) is 10.6 Å². The van der Waals surface area contributed by atoms with E-state index >= 15 is 0 Å². The maximum atomic E-state index is 12.1. The predicted molar refractivity (Wildman–Crippen MR) is 103 cm³/mol. The van der Waals surface area contributed by atoms with Gasteiger partial charge in [-0.2, -0.15) is 5.26 Å². The topological polar surface area (TPSA) is 118 Å². The SMILES string of the molecule is CCOC(=O)C1=C(CSCC(=O)OCc2ccc(C#N)cc2)NC(=O)N[C@H]1C. The summed E-state index contributed by atoms with van der Waals surface area (Å²) in [6.07, 6.45) is 0. The zero-order chi connectivity index (χ0) is 20.5. The monoisotopic (exact) mass is 403 g/mol. The van der Waals surface area contributed by atoms with Crippen LogP contribution in [-0.4, -0.2) is 42.1 Å². The summed E-state index contributed by atoms with van der Waals surface area (Å²) in [5.41, 5.74) is 2.10. The molecule has 2 N–H and O–H groups in total. The lowest BCUT2D eigenvalue weighted by atomic mass is 10.1. The number of benzene rings is 1. The Balaban J connectivity index is 1.87. The van der Waals surface area contributed by atoms with Crippen LogP contribution in [0.15, 0.2) is 35.5 Å². The fraction of sp³-hybridized carbons (Fsp3) is 0.368. The summed E-state index contributed by atoms with van der Waals surface area (Å²) >= 11 is 1.23. The van der Waals surface area contributed by atoms with Crippen LogP contribution in [0, 0.1) is 11.3 Å². The van der Waals surface area contributed by atoms with Gasteiger partial charge in [0.2, 0.25) is 0 Å². The Kier molecular flexibility index (Phi) is 7.89. The van der Waals surface area contributed by atoms with Gasteiger partial charge in [-0.25, -0.2) is 9.59 Å². The van der Waals surface area contributed by atoms with Gasteiger partial charge in [-0.1, -0.05) is 12.1 Å². The first-order chi connectivity index (χ1) is 13.4. The van der Waals surface area contributed by atoms with Crippen molar-refractivity contribution in [2.45, 2.75) is 26.5 Å². The van der Waals surface area contributed by atoms with Crippen molar-refractivity contribution in [2.75, 3.05) is 18.1 Å². The van der Waals surface area contributed by atoms with Crippen LogP contribution in [0.3, 0.4) is 0 Å². The third-order valence-electron chi connectivity index (χ3n) is 3.81. The van der Waals surface area contributed by atoms with Gasteiger partial charge in [-0.3, -0.25) is 4.79 Å². The number of nitriles is 1. The van der Waals surface area contributed by atoms with E-state index < -0.39 is 24.0 Å². The Hall–Kier alpha value is -2.99. The normalized spacial score (nSPS) is 15.9. The molecule has 0 aliphatic carbocycles. The fourth-order valence-corrected chi connectivity index (χ4v) is 3.29. The summed E-state index contributed by atoms with van der Waals surface area (Å²) < 4.78 is 10.2. The fourth-order valence-electron chi connectivity index (χ4n) is 2.51. The second kappa shape index (κ2) is 10.4. The molecule has 1 heterocycles. The molecule has 1 aliphatic rings. The zero-order valence-electron chi connectivity index (χ0n) is 15.6. The first-order valence-corrected chi connectivity index (χ1v) is 9.80. The maximum absolute atomic E-state index is 12.1. The minimum atomic E-state index is -0.499. The van der Waals surface area contributed by atoms with Crippen LogP contribution in [0.2, 0.25) is 0 Å². The van der Waals surface area contributed by atoms with E-state index in [2.05, 4.69) is 10.6 Å². The number of thioether (sulfide) groups is 1. The van der Waals surface area contributed by atoms with Crippen molar-refractivity contribution in [3.05, 3.63) is 46.7 Å². The molecule has 28 heavy (non-hydrogen) atoms. The first kappa shape index (κ1) is 21.3. The van der Waals surface area contributed by atoms with Crippen LogP contribution in [0.25, 0.3) is 0 Å². The smallest absolute Gasteiger partial charge is 0.337 e. The molecule has 2 amide bonds. The largest absolute Gasteiger partial charge is 0.463 e. The minimum Gasteiger partial charge on any atom is -0.463 e. The van der Waals surface area contributed by atoms with Gasteiger partial charge in [0.25, 0.3) is 0 Å². The van der Waals surface area contributed by atoms with Gasteiger partial charge < -0.3 is 20.1 Å². The molecule has 2 rings (SSSR count). The average Bonchev–Trinajstić information content (AvgIpc) is 2.66. The molecule has 1 atom stereocenters. The highest BCUT2D eigenvalue weighted by Crippen LogP contribution is 2.18. The van der Waals surface area contributed by atoms with Gasteiger partial charge in [0.1, 0.15) is 6.61 Å². The van der Waals surface area contributed by atoms with E-state index in [1.807, 2.05) is 6.07 Å². The van der Waals surface area contributed by atoms with Crippen LogP contribution >= 0.6 is 11.8 Å². The Morgan fingerprint density at radius 1 is 1.25 bits per heavy atom. The molecule has 148 valence electrons. The predicted octanol–water partition coefficient (Wildman–Crippen LogP) is 1.85. The van der Waals surface area contributed by atoms with Crippen molar-refractivity contribution in [3.63, 3.8) is 0 Å². The van der Waals surface area contributed by atoms with Crippen LogP contribution < -0.4 is 10.6 Å². The summed E-state index contributed by atoms with van der Waals surface area (Å²) in [7, 11) is 0. The molecule has 9 heteroatoms. The number of urea groups is 1. The highest BCUT2D eigenvalue weighted by molar-refractivity contribution is 8.00. The Bertz CT molecular complexity index is 814. The highest BCUT2D eigenvalue weighted by Gasteiger charge is 2.29. The molecular formula is C19H21N3O5S. The standard InChI is InChI=1S/C19H21N3O5S/c1-3-26-18(24)17-12(2)21-19(25)22-15(17)10-28-11-16(23)27-9-14-6-4-13(8-20)5-7-14/h4-7,12H,3,9-11H2,1-2H3,(H2,21,22,25)/t12-/m0/s1. The Morgan fingerprint density at radius 2 is 1.96 bits per heavy atom. The quantitative estimate of drug-likeness (QED) is 0.636. The number of hydrogen-bond donors (Lipinski definition) is 2. The minimum absolute atomic E-state index is 0.0631. The van der Waals surface area contributed by atoms with Gasteiger partial charge in [0.15, 0.2) is 0 Å². The first-order valence-electron chi connectivity index (χ1n) is 8.64. The van der Waals surface area contributed by atoms with Crippen molar-refractivity contribution in [2.24, 2.45) is 0 Å². The Morgan fingerprint density at radius 3 is 2.61 bits per heavy atom. The second-order valence-electron chi connectivity index (χ2n) is 5.90. The molecule has 1 aliphatic heterocycles. The van der Waals surface area contributed by atoms with Crippen molar-refractivity contribution < 1.29 is 23.9 Å². The number of nitrogens with zero attached hydrogens (tertiary/aromatic N) is 1. The van der Waals surface area contributed by atoms with E-state index in [-0.39, 0.29) is 24.7 Å². The van der Waals surface area contributed by atoms with E-state index in [4.69, 9.17) is 14.7 Å². The molecule has 0 radical (unpaired) electrons. The number of esters is 2. The summed E-state index contributed by atoms with van der Waals surface area (Å²) in [5.74, 6) is -0.590. The van der Waals surface area contributed by atoms with E-state index in [0.29, 0.717) is 16.8 Å². The maximum Gasteiger partial charge on any atom is 0.337 e. The van der Waals surface area contributed by atoms with Crippen LogP contribution in [0.4, 0.5) is 4.79 Å². The van der Waals surface area contributed by atoms with Crippen LogP contribution in [0.5, 0.6) is 0 Å². The van der Waals surface area contributed by atoms with Gasteiger partial charge >= 0.3 is 18.0 Å². The Labute approximate surface area is 167 Å². The molecule has 0 saturated carbocycles. The van der Waals surface area contributed by atoms with E-state index in [0.717, 1.165) is 5.56 Å². The average molecular weight is 403 g/mol. The van der Waals surface area contributed by atoms with Gasteiger partial charge in [-0.15, -0.1) is 11.8 Å². The third kappa shape index (κ3) is 6.03. The molecule has 0 unspecified atom stereocenters. The second-order valence-corrected chi connectivity index (χ2v) is 6.88. The summed E-state index contributed by atoms with van der Waals surface area (Å²) in [4.78, 5) is 35.7. The summed E-state index contributed by atoms with van der Waals surface area (Å²) in [6.45, 7) is 3.74. The van der Waals surface area contributed by atoms with Gasteiger partial charge in [0, 0.05) is 11.4 Å². The molecule has 0 fully saturated rings. The summed E-state index contributed by atoms with van der Waals surface area (Å²) in [5, 5.41) is 14.0. The molecular weight excluding hydrogens is 382 g/mol. The van der Waals surface area contributed by atoms with E-state index in [9.17, 15) is 14.4 Å². The third-order valence-corrected chi connectivity index (χ3v) is 4.75. The zero-order valence-corrected chi connectivity index (χ0v) is 16.4. The number of ether oxygens (including phenoxy) is 2. The molecule has 0 aromatic heterocycles. The molecule has 0 saturated heterocycles. The van der Waals surface area contributed by atoms with E-state index in [1.165, 1.54) is 11.8 Å². The van der Waals surface area contributed by atoms with Crippen molar-refractivity contribution in [3.8, 4) is 6.07 Å². The molecule has 8 nitrogen and oxygen atoms in total. The van der Waals surface area contributed by atoms with Crippen LogP contribution in [-0.2, 0) is 25.7 Å².